The monoisotopic (exact) mass is 2380 g/mol. The van der Waals surface area contributed by atoms with E-state index in [9.17, 15) is 35.1 Å². The van der Waals surface area contributed by atoms with E-state index in [0.29, 0.717) is 34.0 Å². The predicted molar refractivity (Wildman–Crippen MR) is 413 cm³/mol. The summed E-state index contributed by atoms with van der Waals surface area (Å²) in [6.45, 7) is 9.90. The average molecular weight is 2370 g/mol. The molecule has 0 bridgehead atoms. The van der Waals surface area contributed by atoms with Crippen LogP contribution >= 0.6 is 0 Å². The second kappa shape index (κ2) is 46.5. The van der Waals surface area contributed by atoms with Gasteiger partial charge in [-0.1, -0.05) is 143 Å². The molecule has 15 rings (SSSR count). The Morgan fingerprint density at radius 3 is 0.892 bits per heavy atom. The van der Waals surface area contributed by atoms with Crippen LogP contribution in [0.2, 0.25) is 0 Å². The molecule has 5 nitrogen and oxygen atoms in total. The Labute approximate surface area is 713 Å². The van der Waals surface area contributed by atoms with Gasteiger partial charge in [-0.3, -0.25) is 0 Å². The van der Waals surface area contributed by atoms with Gasteiger partial charge in [0.1, 0.15) is 23.3 Å². The van der Waals surface area contributed by atoms with Crippen LogP contribution in [-0.4, -0.2) is 24.9 Å². The van der Waals surface area contributed by atoms with Crippen molar-refractivity contribution in [1.29, 1.82) is 0 Å². The van der Waals surface area contributed by atoms with Crippen molar-refractivity contribution >= 4 is 0 Å². The van der Waals surface area contributed by atoms with Gasteiger partial charge in [0.2, 0.25) is 0 Å². The Morgan fingerprint density at radius 2 is 0.532 bits per heavy atom. The molecule has 111 heavy (non-hydrogen) atoms. The van der Waals surface area contributed by atoms with E-state index < -0.39 is 29.1 Å². The molecule has 5 heterocycles. The van der Waals surface area contributed by atoms with Crippen LogP contribution in [0.15, 0.2) is 286 Å². The van der Waals surface area contributed by atoms with E-state index in [1.54, 1.807) is 79.1 Å². The zero-order valence-corrected chi connectivity index (χ0v) is 70.0. The first-order chi connectivity index (χ1) is 49.9. The van der Waals surface area contributed by atoms with Crippen LogP contribution in [0.3, 0.4) is 0 Å². The van der Waals surface area contributed by atoms with Crippen molar-refractivity contribution in [3.8, 4) is 112 Å². The Balaban J connectivity index is 0.000000353. The van der Waals surface area contributed by atoms with Crippen LogP contribution in [0.1, 0.15) is 50.1 Å². The number of hydrogen-bond acceptors (Lipinski definition) is 5. The summed E-state index contributed by atoms with van der Waals surface area (Å²) < 4.78 is 107. The molecule has 0 aliphatic carbocycles. The van der Waals surface area contributed by atoms with Gasteiger partial charge in [-0.15, -0.1) is 166 Å². The smallest absolute Gasteiger partial charge is 0.161 e. The third-order valence-electron chi connectivity index (χ3n) is 16.0. The molecule has 0 aliphatic rings. The fourth-order valence-corrected chi connectivity index (χ4v) is 10.5. The minimum absolute atomic E-state index is 0. The summed E-state index contributed by atoms with van der Waals surface area (Å²) in [4.78, 5) is 21.8. The van der Waals surface area contributed by atoms with Crippen molar-refractivity contribution in [3.05, 3.63) is 390 Å². The summed E-state index contributed by atoms with van der Waals surface area (Å²) in [6.07, 6.45) is 8.99. The number of halogens is 8. The Kier molecular flexibility index (Phi) is 40.1. The van der Waals surface area contributed by atoms with Crippen LogP contribution in [0.25, 0.3) is 112 Å². The minimum Gasteiger partial charge on any atom is -0.304 e. The van der Waals surface area contributed by atoms with E-state index in [-0.39, 0.29) is 146 Å². The molecule has 0 fully saturated rings. The van der Waals surface area contributed by atoms with Crippen LogP contribution < -0.4 is 0 Å². The summed E-state index contributed by atoms with van der Waals surface area (Å²) >= 11 is 0. The molecule has 18 heteroatoms. The third kappa shape index (κ3) is 26.9. The number of aryl methyl sites for hydroxylation is 5. The molecule has 5 aromatic heterocycles. The van der Waals surface area contributed by atoms with E-state index in [2.05, 4.69) is 55.3 Å². The van der Waals surface area contributed by atoms with Gasteiger partial charge in [-0.25, -0.2) is 35.1 Å². The number of nitrogens with zero attached hydrogens (tertiary/aromatic N) is 5. The van der Waals surface area contributed by atoms with Crippen molar-refractivity contribution in [2.45, 2.75) is 56.9 Å². The van der Waals surface area contributed by atoms with E-state index >= 15 is 0 Å². The van der Waals surface area contributed by atoms with E-state index in [1.165, 1.54) is 36.4 Å². The maximum atomic E-state index is 13.9. The second-order valence-corrected chi connectivity index (χ2v) is 23.9. The van der Waals surface area contributed by atoms with Crippen molar-refractivity contribution in [1.82, 2.24) is 24.9 Å². The van der Waals surface area contributed by atoms with Crippen molar-refractivity contribution < 1.29 is 136 Å². The molecule has 5 radical (unpaired) electrons. The van der Waals surface area contributed by atoms with Gasteiger partial charge < -0.3 is 24.9 Å². The summed E-state index contributed by atoms with van der Waals surface area (Å²) in [7, 11) is 0. The molecule has 577 valence electrons. The number of benzene rings is 10. The van der Waals surface area contributed by atoms with E-state index in [4.69, 9.17) is 0 Å². The van der Waals surface area contributed by atoms with Gasteiger partial charge in [0.05, 0.1) is 0 Å². The first kappa shape index (κ1) is 95.8. The Hall–Kier alpha value is -9.36. The van der Waals surface area contributed by atoms with Gasteiger partial charge in [0.25, 0.3) is 0 Å². The maximum Gasteiger partial charge on any atom is 0.161 e. The second-order valence-electron chi connectivity index (χ2n) is 23.9. The molecular weight excluding hydrogens is 2300 g/mol. The molecule has 0 N–H and O–H groups in total. The summed E-state index contributed by atoms with van der Waals surface area (Å²) in [6, 6.07) is 87.8. The predicted octanol–water partition coefficient (Wildman–Crippen LogP) is 25.6. The van der Waals surface area contributed by atoms with Crippen molar-refractivity contribution in [3.63, 3.8) is 0 Å². The molecular formula is C93H74F8Ir5N5-5. The third-order valence-corrected chi connectivity index (χ3v) is 16.0. The SMILES string of the molecule is C.C.C.Cc1ccc(-c2[c-]ccc(-c3cc(F)c(F)cc3F)c2)nc1.Cc1ccc(-c2[c-]ccc(-c3ccc(F)c(F)c3)c2)nc1.Cc1ccc(-c2[c-]ccc(-c3ccc(F)cc3)c2)nc1.Cc1ccc(-c2[c-]ccc(-c3cccc(F)c3)c2)nc1.Cc1ccc(-c2[c-]ccc(-c3ccccc3F)c2)nc1.[Ir].[Ir].[Ir].[Ir].[Ir]. The van der Waals surface area contributed by atoms with Gasteiger partial charge in [-0.2, -0.15) is 0 Å². The van der Waals surface area contributed by atoms with Crippen LogP contribution in [0.4, 0.5) is 35.1 Å². The largest absolute Gasteiger partial charge is 0.304 e. The first-order valence-corrected chi connectivity index (χ1v) is 32.5. The summed E-state index contributed by atoms with van der Waals surface area (Å²) in [5.74, 6) is -5.48. The normalized spacial score (nSPS) is 9.81. The average Bonchev–Trinajstić information content (AvgIpc) is 0.832. The molecule has 0 amide bonds. The zero-order valence-electron chi connectivity index (χ0n) is 58.1. The van der Waals surface area contributed by atoms with Gasteiger partial charge in [-0.05, 0) is 162 Å². The van der Waals surface area contributed by atoms with Crippen molar-refractivity contribution in [2.24, 2.45) is 0 Å². The van der Waals surface area contributed by atoms with E-state index in [1.807, 2.05) is 187 Å². The number of hydrogen-bond donors (Lipinski definition) is 0. The standard InChI is InChI=1S/C18H11F3N.C18H12F2N.3C18H13FN.3CH4.5Ir/c1-11-5-6-18(22-10-11)13-4-2-3-12(7-13)14-8-16(20)17(21)9-15(14)19;1-12-5-8-18(21-11-12)15-4-2-3-13(9-15)14-6-7-16(19)17(20)10-14;1-13-8-9-18(20-12-13)16-6-2-4-14(10-16)15-5-3-7-17(19)11-15;1-13-9-10-18(20-12-13)15-6-4-5-14(11-15)16-7-2-3-8-17(16)19;1-13-5-10-18(20-12-13)16-4-2-3-15(11-16)14-6-8-17(19)9-7-14;;;;;;;;/h2-3,5-10H,1H3;2-3,5-11H,1H3;2*2-5,7-12H,1H3;2-3,5-12H,1H3;3*1H4;;;;;/q5*-1;;;;;;;;. The molecule has 0 atom stereocenters. The van der Waals surface area contributed by atoms with Crippen molar-refractivity contribution in [2.75, 3.05) is 0 Å². The molecule has 10 aromatic carbocycles. The number of aromatic nitrogens is 5. The zero-order chi connectivity index (χ0) is 72.4. The molecule has 0 spiro atoms. The quantitative estimate of drug-likeness (QED) is 0.0776. The van der Waals surface area contributed by atoms with Gasteiger partial charge >= 0.3 is 0 Å². The Morgan fingerprint density at radius 1 is 0.216 bits per heavy atom. The van der Waals surface area contributed by atoms with Crippen LogP contribution in [0.5, 0.6) is 0 Å². The molecule has 0 saturated heterocycles. The van der Waals surface area contributed by atoms with Gasteiger partial charge in [0.15, 0.2) is 23.3 Å². The fraction of sp³-hybridized carbons (Fsp3) is 0.0860. The maximum absolute atomic E-state index is 13.9. The topological polar surface area (TPSA) is 64.5 Å². The molecule has 15 aromatic rings. The Bertz CT molecular complexity index is 5310. The van der Waals surface area contributed by atoms with Gasteiger partial charge in [0, 0.05) is 143 Å². The summed E-state index contributed by atoms with van der Waals surface area (Å²) in [5.41, 5.74) is 20.8. The number of pyridine rings is 5. The summed E-state index contributed by atoms with van der Waals surface area (Å²) in [5, 5.41) is 0. The van der Waals surface area contributed by atoms with Crippen LogP contribution in [0, 0.1) is 111 Å². The fourth-order valence-electron chi connectivity index (χ4n) is 10.5. The minimum atomic E-state index is -1.20. The molecule has 0 aliphatic heterocycles. The molecule has 0 saturated carbocycles. The first-order valence-electron chi connectivity index (χ1n) is 32.5. The molecule has 0 unspecified atom stereocenters. The van der Waals surface area contributed by atoms with Crippen LogP contribution in [-0.2, 0) is 101 Å². The number of rotatable bonds is 10. The van der Waals surface area contributed by atoms with E-state index in [0.717, 1.165) is 118 Å².